The molecule has 0 radical (unpaired) electrons. The molecule has 5 aromatic rings. The van der Waals surface area contributed by atoms with E-state index in [0.29, 0.717) is 0 Å². The van der Waals surface area contributed by atoms with Gasteiger partial charge in [-0.05, 0) is 17.0 Å². The molecule has 0 spiro atoms. The zero-order valence-electron chi connectivity index (χ0n) is 18.7. The fourth-order valence-corrected chi connectivity index (χ4v) is 4.60. The Morgan fingerprint density at radius 3 is 1.44 bits per heavy atom. The molecule has 0 N–H and O–H groups in total. The van der Waals surface area contributed by atoms with E-state index in [9.17, 15) is 30.7 Å². The summed E-state index contributed by atoms with van der Waals surface area (Å²) in [5.74, 6) is -22.0. The number of rotatable bonds is 2. The lowest BCUT2D eigenvalue weighted by Gasteiger charge is -2.21. The Morgan fingerprint density at radius 1 is 0.410 bits per heavy atom. The summed E-state index contributed by atoms with van der Waals surface area (Å²) in [6.07, 6.45) is -5.94. The smallest absolute Gasteiger partial charge is 0.206 e. The van der Waals surface area contributed by atoms with Crippen molar-refractivity contribution < 1.29 is 52.7 Å². The maximum Gasteiger partial charge on any atom is 0.422 e. The first-order valence-corrected chi connectivity index (χ1v) is 10.7. The molecular formula is C27H8F12. The van der Waals surface area contributed by atoms with Gasteiger partial charge in [0.05, 0.1) is 5.56 Å². The largest absolute Gasteiger partial charge is 0.422 e. The van der Waals surface area contributed by atoms with E-state index in [2.05, 4.69) is 0 Å². The highest BCUT2D eigenvalue weighted by atomic mass is 19.4. The van der Waals surface area contributed by atoms with Crippen LogP contribution in [0.5, 0.6) is 0 Å². The summed E-state index contributed by atoms with van der Waals surface area (Å²) in [4.78, 5) is 0. The first kappa shape index (κ1) is 26.4. The van der Waals surface area contributed by atoms with Crippen LogP contribution < -0.4 is 0 Å². The summed E-state index contributed by atoms with van der Waals surface area (Å²) in [5, 5.41) is -4.37. The molecule has 0 aliphatic rings. The zero-order valence-corrected chi connectivity index (χ0v) is 18.7. The van der Waals surface area contributed by atoms with Crippen molar-refractivity contribution in [1.29, 1.82) is 0 Å². The van der Waals surface area contributed by atoms with Crippen molar-refractivity contribution in [3.8, 4) is 22.3 Å². The molecule has 0 fully saturated rings. The molecule has 0 heterocycles. The minimum Gasteiger partial charge on any atom is -0.206 e. The first-order chi connectivity index (χ1) is 18.3. The van der Waals surface area contributed by atoms with Crippen LogP contribution in [0.25, 0.3) is 43.8 Å². The number of halogens is 12. The van der Waals surface area contributed by atoms with Crippen molar-refractivity contribution >= 4 is 21.5 Å². The van der Waals surface area contributed by atoms with Gasteiger partial charge in [-0.25, -0.2) is 39.5 Å². The molecule has 0 unspecified atom stereocenters. The van der Waals surface area contributed by atoms with E-state index in [-0.39, 0.29) is 5.56 Å². The van der Waals surface area contributed by atoms with Crippen LogP contribution in [0, 0.1) is 52.4 Å². The number of benzene rings is 5. The number of alkyl halides is 3. The Hall–Kier alpha value is -4.22. The van der Waals surface area contributed by atoms with E-state index in [1.54, 1.807) is 0 Å². The van der Waals surface area contributed by atoms with Gasteiger partial charge in [0.1, 0.15) is 11.4 Å². The normalized spacial score (nSPS) is 12.1. The van der Waals surface area contributed by atoms with Gasteiger partial charge in [-0.1, -0.05) is 42.5 Å². The maximum absolute atomic E-state index is 15.4. The van der Waals surface area contributed by atoms with E-state index in [1.807, 2.05) is 0 Å². The van der Waals surface area contributed by atoms with Crippen LogP contribution in [-0.4, -0.2) is 0 Å². The molecule has 5 aromatic carbocycles. The third-order valence-electron chi connectivity index (χ3n) is 6.16. The van der Waals surface area contributed by atoms with Crippen molar-refractivity contribution in [3.63, 3.8) is 0 Å². The molecule has 0 amide bonds. The van der Waals surface area contributed by atoms with Crippen molar-refractivity contribution in [1.82, 2.24) is 0 Å². The minimum absolute atomic E-state index is 0.126. The second kappa shape index (κ2) is 8.92. The van der Waals surface area contributed by atoms with Crippen LogP contribution in [0.1, 0.15) is 5.56 Å². The topological polar surface area (TPSA) is 0 Å². The van der Waals surface area contributed by atoms with Crippen LogP contribution in [0.15, 0.2) is 48.5 Å². The molecule has 0 nitrogen and oxygen atoms in total. The summed E-state index contributed by atoms with van der Waals surface area (Å²) in [5.41, 5.74) is -7.20. The Bertz CT molecular complexity index is 1790. The van der Waals surface area contributed by atoms with Crippen molar-refractivity contribution in [3.05, 3.63) is 106 Å². The fraction of sp³-hybridized carbons (Fsp3) is 0.0370. The van der Waals surface area contributed by atoms with Gasteiger partial charge in [0.25, 0.3) is 0 Å². The molecule has 0 saturated heterocycles. The van der Waals surface area contributed by atoms with E-state index < -0.39 is 102 Å². The molecule has 200 valence electrons. The highest BCUT2D eigenvalue weighted by molar-refractivity contribution is 6.22. The maximum atomic E-state index is 15.4. The van der Waals surface area contributed by atoms with Crippen LogP contribution in [-0.2, 0) is 6.18 Å². The predicted octanol–water partition coefficient (Wildman–Crippen LogP) is 9.60. The van der Waals surface area contributed by atoms with Crippen molar-refractivity contribution in [2.45, 2.75) is 6.18 Å². The standard InChI is InChI=1S/C27H8F12/c28-11-8-4-7-10-13(11)12(9-5-2-1-3-6-9)15-16(20(30)26(36)25(35)19(15)29)14(10)17-21(31)23(33)18(27(37,38)39)24(34)22(17)32/h1-8H. The van der Waals surface area contributed by atoms with Gasteiger partial charge >= 0.3 is 6.18 Å². The summed E-state index contributed by atoms with van der Waals surface area (Å²) in [6, 6.07) is 9.03. The molecule has 0 aliphatic heterocycles. The highest BCUT2D eigenvalue weighted by Gasteiger charge is 2.43. The summed E-state index contributed by atoms with van der Waals surface area (Å²) < 4.78 is 174. The van der Waals surface area contributed by atoms with Crippen LogP contribution in [0.2, 0.25) is 0 Å². The molecule has 0 saturated carbocycles. The Morgan fingerprint density at radius 2 is 0.923 bits per heavy atom. The van der Waals surface area contributed by atoms with Gasteiger partial charge in [-0.2, -0.15) is 13.2 Å². The number of hydrogen-bond donors (Lipinski definition) is 0. The summed E-state index contributed by atoms with van der Waals surface area (Å²) >= 11 is 0. The highest BCUT2D eigenvalue weighted by Crippen LogP contribution is 2.49. The molecule has 0 bridgehead atoms. The van der Waals surface area contributed by atoms with Crippen LogP contribution in [0.4, 0.5) is 52.7 Å². The van der Waals surface area contributed by atoms with Gasteiger partial charge in [0, 0.05) is 27.3 Å². The van der Waals surface area contributed by atoms with Gasteiger partial charge < -0.3 is 0 Å². The third-order valence-corrected chi connectivity index (χ3v) is 6.16. The molecule has 0 aliphatic carbocycles. The quantitative estimate of drug-likeness (QED) is 0.0873. The minimum atomic E-state index is -5.94. The zero-order chi connectivity index (χ0) is 28.5. The number of hydrogen-bond acceptors (Lipinski definition) is 0. The average Bonchev–Trinajstić information content (AvgIpc) is 2.89. The van der Waals surface area contributed by atoms with E-state index in [4.69, 9.17) is 0 Å². The lowest BCUT2D eigenvalue weighted by molar-refractivity contribution is -0.143. The summed E-state index contributed by atoms with van der Waals surface area (Å²) in [6.45, 7) is 0. The van der Waals surface area contributed by atoms with E-state index in [1.165, 1.54) is 30.3 Å². The molecular weight excluding hydrogens is 552 g/mol. The van der Waals surface area contributed by atoms with Crippen molar-refractivity contribution in [2.24, 2.45) is 0 Å². The van der Waals surface area contributed by atoms with Crippen LogP contribution >= 0.6 is 0 Å². The first-order valence-electron chi connectivity index (χ1n) is 10.7. The lowest BCUT2D eigenvalue weighted by atomic mass is 9.84. The SMILES string of the molecule is Fc1c(F)c(C(F)(F)F)c(F)c(F)c1-c1c2cccc(F)c2c(-c2ccccc2)c2c(F)c(F)c(F)c(F)c12. The second-order valence-corrected chi connectivity index (χ2v) is 8.29. The lowest BCUT2D eigenvalue weighted by Crippen LogP contribution is -2.16. The fourth-order valence-electron chi connectivity index (χ4n) is 4.60. The molecule has 12 heteroatoms. The average molecular weight is 560 g/mol. The van der Waals surface area contributed by atoms with Crippen LogP contribution in [0.3, 0.4) is 0 Å². The molecule has 0 atom stereocenters. The monoisotopic (exact) mass is 560 g/mol. The molecule has 0 aromatic heterocycles. The molecule has 5 rings (SSSR count). The van der Waals surface area contributed by atoms with E-state index in [0.717, 1.165) is 18.2 Å². The van der Waals surface area contributed by atoms with Gasteiger partial charge in [0.15, 0.2) is 46.5 Å². The van der Waals surface area contributed by atoms with Gasteiger partial charge in [-0.15, -0.1) is 0 Å². The summed E-state index contributed by atoms with van der Waals surface area (Å²) in [7, 11) is 0. The second-order valence-electron chi connectivity index (χ2n) is 8.29. The van der Waals surface area contributed by atoms with E-state index >= 15 is 22.0 Å². The van der Waals surface area contributed by atoms with Gasteiger partial charge in [-0.3, -0.25) is 0 Å². The molecule has 39 heavy (non-hydrogen) atoms. The Kier molecular flexibility index (Phi) is 6.04. The predicted molar refractivity (Wildman–Crippen MR) is 117 cm³/mol. The van der Waals surface area contributed by atoms with Crippen molar-refractivity contribution in [2.75, 3.05) is 0 Å². The Labute approximate surface area is 209 Å². The van der Waals surface area contributed by atoms with Gasteiger partial charge in [0.2, 0.25) is 0 Å². The Balaban J connectivity index is 2.17. The third kappa shape index (κ3) is 3.72. The number of fused-ring (bicyclic) bond motifs is 2.